The predicted octanol–water partition coefficient (Wildman–Crippen LogP) is 1.64. The average Bonchev–Trinajstić information content (AvgIpc) is 3.35. The number of aliphatic hydroxyl groups is 4. The van der Waals surface area contributed by atoms with Gasteiger partial charge in [0, 0.05) is 36.7 Å². The Morgan fingerprint density at radius 2 is 1.84 bits per heavy atom. The van der Waals surface area contributed by atoms with Crippen molar-refractivity contribution in [2.45, 2.75) is 141 Å². The van der Waals surface area contributed by atoms with Crippen molar-refractivity contribution >= 4 is 5.78 Å². The molecule has 0 amide bonds. The topological polar surface area (TPSA) is 159 Å². The molecular weight excluding hydrogens is 560 g/mol. The zero-order valence-corrected chi connectivity index (χ0v) is 27.7. The second-order valence-electron chi connectivity index (χ2n) is 16.8. The Morgan fingerprint density at radius 1 is 1.11 bits per heavy atom. The standard InChI is InChI=1S/C35H58N2O7/c1-18(2)19(3)29(40)31-34(6,41)30-27(44-31)17-35(42)22-14-24(38)23-15-26(43-12-9-20-8-11-37-28(36)13-20)25(39)16-32(23,4)21(22)7-10-33(30,35)5/h14,18-21,23,25-31,37,39-42H,7-13,15-17,36H2,1-6H3/p+1. The molecule has 4 aliphatic carbocycles. The second-order valence-corrected chi connectivity index (χ2v) is 16.8. The van der Waals surface area contributed by atoms with Crippen molar-refractivity contribution in [3.8, 4) is 0 Å². The number of aliphatic hydroxyl groups excluding tert-OH is 2. The number of piperidine rings is 1. The van der Waals surface area contributed by atoms with Crippen LogP contribution < -0.4 is 11.1 Å². The molecule has 8 N–H and O–H groups in total. The highest BCUT2D eigenvalue weighted by Gasteiger charge is 2.75. The maximum absolute atomic E-state index is 13.9. The number of rotatable bonds is 7. The summed E-state index contributed by atoms with van der Waals surface area (Å²) in [6.45, 7) is 13.6. The van der Waals surface area contributed by atoms with Crippen LogP contribution in [0.3, 0.4) is 0 Å². The van der Waals surface area contributed by atoms with Crippen LogP contribution in [0.2, 0.25) is 0 Å². The van der Waals surface area contributed by atoms with Crippen molar-refractivity contribution in [2.75, 3.05) is 13.2 Å². The summed E-state index contributed by atoms with van der Waals surface area (Å²) >= 11 is 0. The van der Waals surface area contributed by atoms with Gasteiger partial charge in [-0.15, -0.1) is 0 Å². The first-order valence-corrected chi connectivity index (χ1v) is 17.5. The number of carbonyl (C=O) groups excluding carboxylic acids is 1. The van der Waals surface area contributed by atoms with E-state index >= 15 is 0 Å². The van der Waals surface area contributed by atoms with Crippen LogP contribution in [0.15, 0.2) is 11.6 Å². The molecule has 9 heteroatoms. The molecule has 0 spiro atoms. The third-order valence-electron chi connectivity index (χ3n) is 14.0. The minimum atomic E-state index is -1.34. The monoisotopic (exact) mass is 619 g/mol. The van der Waals surface area contributed by atoms with Crippen molar-refractivity contribution in [1.29, 1.82) is 0 Å². The first kappa shape index (κ1) is 33.0. The van der Waals surface area contributed by atoms with Crippen LogP contribution in [-0.2, 0) is 14.3 Å². The van der Waals surface area contributed by atoms with Crippen molar-refractivity contribution < 1.29 is 40.0 Å². The van der Waals surface area contributed by atoms with Crippen LogP contribution in [0.25, 0.3) is 0 Å². The van der Waals surface area contributed by atoms with Gasteiger partial charge in [0.25, 0.3) is 0 Å². The third kappa shape index (κ3) is 4.90. The molecular formula is C35H59N2O7+. The van der Waals surface area contributed by atoms with E-state index in [0.29, 0.717) is 31.8 Å². The summed E-state index contributed by atoms with van der Waals surface area (Å²) in [6, 6.07) is 0. The fourth-order valence-electron chi connectivity index (χ4n) is 11.1. The van der Waals surface area contributed by atoms with Crippen molar-refractivity contribution in [2.24, 2.45) is 52.1 Å². The lowest BCUT2D eigenvalue weighted by molar-refractivity contribution is -0.699. The number of nitrogens with two attached hydrogens (primary N) is 2. The number of hydrogen-bond donors (Lipinski definition) is 6. The number of carbonyl (C=O) groups is 1. The number of fused-ring (bicyclic) bond motifs is 7. The van der Waals surface area contributed by atoms with Gasteiger partial charge in [0.15, 0.2) is 5.78 Å². The molecule has 2 heterocycles. The molecule has 250 valence electrons. The van der Waals surface area contributed by atoms with Gasteiger partial charge in [-0.1, -0.05) is 34.6 Å². The highest BCUT2D eigenvalue weighted by Crippen LogP contribution is 2.70. The molecule has 5 fully saturated rings. The molecule has 0 aromatic heterocycles. The Hall–Kier alpha value is -0.910. The van der Waals surface area contributed by atoms with Crippen LogP contribution >= 0.6 is 0 Å². The molecule has 15 atom stereocenters. The van der Waals surface area contributed by atoms with Gasteiger partial charge in [-0.05, 0) is 86.2 Å². The van der Waals surface area contributed by atoms with Gasteiger partial charge in [0.2, 0.25) is 0 Å². The number of quaternary nitrogens is 1. The number of allylic oxidation sites excluding steroid dienone is 1. The Balaban J connectivity index is 1.20. The molecule has 9 nitrogen and oxygen atoms in total. The first-order valence-electron chi connectivity index (χ1n) is 17.5. The number of ether oxygens (including phenoxy) is 2. The highest BCUT2D eigenvalue weighted by atomic mass is 16.5. The van der Waals surface area contributed by atoms with E-state index in [9.17, 15) is 25.2 Å². The molecule has 0 radical (unpaired) electrons. The summed E-state index contributed by atoms with van der Waals surface area (Å²) < 4.78 is 12.7. The van der Waals surface area contributed by atoms with Gasteiger partial charge in [0.05, 0.1) is 42.2 Å². The lowest BCUT2D eigenvalue weighted by Gasteiger charge is -2.60. The summed E-state index contributed by atoms with van der Waals surface area (Å²) in [5.74, 6) is 0.0104. The predicted molar refractivity (Wildman–Crippen MR) is 165 cm³/mol. The van der Waals surface area contributed by atoms with Crippen molar-refractivity contribution in [3.05, 3.63) is 11.6 Å². The maximum atomic E-state index is 13.9. The minimum Gasteiger partial charge on any atom is -0.390 e. The molecule has 3 saturated carbocycles. The Morgan fingerprint density at radius 3 is 2.52 bits per heavy atom. The Labute approximate surface area is 263 Å². The van der Waals surface area contributed by atoms with Crippen molar-refractivity contribution in [1.82, 2.24) is 0 Å². The Bertz CT molecular complexity index is 1140. The second kappa shape index (κ2) is 11.4. The molecule has 44 heavy (non-hydrogen) atoms. The van der Waals surface area contributed by atoms with E-state index in [1.165, 1.54) is 0 Å². The van der Waals surface area contributed by atoms with Gasteiger partial charge in [-0.25, -0.2) is 0 Å². The van der Waals surface area contributed by atoms with E-state index < -0.39 is 46.4 Å². The summed E-state index contributed by atoms with van der Waals surface area (Å²) in [5.41, 5.74) is 3.02. The van der Waals surface area contributed by atoms with Crippen LogP contribution in [0.1, 0.15) is 92.9 Å². The zero-order chi connectivity index (χ0) is 32.0. The largest absolute Gasteiger partial charge is 0.390 e. The van der Waals surface area contributed by atoms with E-state index in [1.54, 1.807) is 13.0 Å². The quantitative estimate of drug-likeness (QED) is 0.251. The summed E-state index contributed by atoms with van der Waals surface area (Å²) in [4.78, 5) is 13.9. The highest BCUT2D eigenvalue weighted by molar-refractivity contribution is 5.95. The third-order valence-corrected chi connectivity index (χ3v) is 14.0. The molecule has 2 saturated heterocycles. The minimum absolute atomic E-state index is 0.00881. The fourth-order valence-corrected chi connectivity index (χ4v) is 11.1. The van der Waals surface area contributed by atoms with E-state index in [1.807, 2.05) is 13.8 Å². The van der Waals surface area contributed by atoms with Gasteiger partial charge in [-0.2, -0.15) is 0 Å². The summed E-state index contributed by atoms with van der Waals surface area (Å²) in [6.07, 6.45) is 4.51. The summed E-state index contributed by atoms with van der Waals surface area (Å²) in [5, 5.41) is 49.5. The molecule has 2 aliphatic heterocycles. The van der Waals surface area contributed by atoms with Gasteiger partial charge < -0.3 is 35.2 Å². The molecule has 0 aromatic carbocycles. The van der Waals surface area contributed by atoms with Crippen LogP contribution in [0.4, 0.5) is 0 Å². The Kier molecular flexibility index (Phi) is 8.52. The van der Waals surface area contributed by atoms with Crippen LogP contribution in [0.5, 0.6) is 0 Å². The van der Waals surface area contributed by atoms with Gasteiger partial charge >= 0.3 is 0 Å². The molecule has 0 bridgehead atoms. The number of hydrogen-bond acceptors (Lipinski definition) is 8. The van der Waals surface area contributed by atoms with E-state index in [2.05, 4.69) is 26.1 Å². The normalized spacial score (nSPS) is 51.7. The van der Waals surface area contributed by atoms with Crippen molar-refractivity contribution in [3.63, 3.8) is 0 Å². The zero-order valence-electron chi connectivity index (χ0n) is 27.7. The number of ketones is 1. The first-order chi connectivity index (χ1) is 20.5. The van der Waals surface area contributed by atoms with E-state index in [-0.39, 0.29) is 54.1 Å². The molecule has 6 rings (SSSR count). The van der Waals surface area contributed by atoms with Gasteiger partial charge in [0.1, 0.15) is 12.3 Å². The SMILES string of the molecule is CC(C)C(C)C(O)C1OC2CC3(O)C4=CC(=O)C5CC(OCCC6CC[NH2+]C(N)C6)C(O)CC5(C)C4CCC3(C)C2C1(C)O. The van der Waals surface area contributed by atoms with Gasteiger partial charge in [-0.3, -0.25) is 10.5 Å². The van der Waals surface area contributed by atoms with E-state index in [4.69, 9.17) is 15.2 Å². The smallest absolute Gasteiger partial charge is 0.159 e. The maximum Gasteiger partial charge on any atom is 0.159 e. The molecule has 15 unspecified atom stereocenters. The lowest BCUT2D eigenvalue weighted by Crippen LogP contribution is -2.94. The average molecular weight is 620 g/mol. The lowest BCUT2D eigenvalue weighted by atomic mass is 9.45. The molecule has 6 aliphatic rings. The molecule has 0 aromatic rings. The van der Waals surface area contributed by atoms with Crippen LogP contribution in [-0.4, -0.2) is 87.2 Å². The fraction of sp³-hybridized carbons (Fsp3) is 0.914. The van der Waals surface area contributed by atoms with E-state index in [0.717, 1.165) is 37.8 Å². The van der Waals surface area contributed by atoms with Crippen LogP contribution in [0, 0.1) is 46.3 Å². The summed E-state index contributed by atoms with van der Waals surface area (Å²) in [7, 11) is 0.